The molecular formula is C31H21Cl3N4O2. The van der Waals surface area contributed by atoms with Crippen molar-refractivity contribution in [1.82, 2.24) is 10.4 Å². The zero-order valence-electron chi connectivity index (χ0n) is 21.1. The lowest BCUT2D eigenvalue weighted by atomic mass is 10.0. The van der Waals surface area contributed by atoms with Crippen molar-refractivity contribution in [2.45, 2.75) is 6.92 Å². The van der Waals surface area contributed by atoms with Gasteiger partial charge in [0.1, 0.15) is 0 Å². The summed E-state index contributed by atoms with van der Waals surface area (Å²) in [4.78, 5) is 30.6. The van der Waals surface area contributed by atoms with Gasteiger partial charge in [0.05, 0.1) is 33.1 Å². The summed E-state index contributed by atoms with van der Waals surface area (Å²) in [5, 5.41) is 9.17. The van der Waals surface area contributed by atoms with Gasteiger partial charge in [0.15, 0.2) is 0 Å². The highest BCUT2D eigenvalue weighted by Crippen LogP contribution is 2.26. The number of fused-ring (bicyclic) bond motifs is 1. The van der Waals surface area contributed by atoms with Gasteiger partial charge in [-0.3, -0.25) is 9.59 Å². The van der Waals surface area contributed by atoms with Crippen LogP contribution in [-0.4, -0.2) is 22.5 Å². The summed E-state index contributed by atoms with van der Waals surface area (Å²) >= 11 is 18.1. The summed E-state index contributed by atoms with van der Waals surface area (Å²) in [5.41, 5.74) is 7.55. The fourth-order valence-electron chi connectivity index (χ4n) is 4.06. The third-order valence-corrected chi connectivity index (χ3v) is 6.96. The van der Waals surface area contributed by atoms with Crippen LogP contribution in [0.4, 0.5) is 5.69 Å². The molecule has 4 aromatic carbocycles. The highest BCUT2D eigenvalue weighted by molar-refractivity contribution is 6.37. The predicted molar refractivity (Wildman–Crippen MR) is 163 cm³/mol. The van der Waals surface area contributed by atoms with E-state index in [2.05, 4.69) is 15.8 Å². The van der Waals surface area contributed by atoms with Crippen LogP contribution in [0, 0.1) is 0 Å². The van der Waals surface area contributed by atoms with Crippen molar-refractivity contribution < 1.29 is 9.59 Å². The van der Waals surface area contributed by atoms with Gasteiger partial charge in [-0.25, -0.2) is 10.4 Å². The van der Waals surface area contributed by atoms with Crippen molar-refractivity contribution in [2.24, 2.45) is 5.10 Å². The van der Waals surface area contributed by atoms with Crippen molar-refractivity contribution in [3.63, 3.8) is 0 Å². The second-order valence-corrected chi connectivity index (χ2v) is 10.2. The Morgan fingerprint density at radius 3 is 2.17 bits per heavy atom. The smallest absolute Gasteiger partial charge is 0.272 e. The minimum Gasteiger partial charge on any atom is -0.322 e. The van der Waals surface area contributed by atoms with E-state index < -0.39 is 0 Å². The lowest BCUT2D eigenvalue weighted by Gasteiger charge is -2.10. The van der Waals surface area contributed by atoms with Gasteiger partial charge in [-0.05, 0) is 67.1 Å². The molecule has 5 rings (SSSR count). The fourth-order valence-corrected chi connectivity index (χ4v) is 4.68. The molecule has 0 radical (unpaired) electrons. The number of carbonyl (C=O) groups excluding carboxylic acids is 2. The van der Waals surface area contributed by atoms with E-state index in [-0.39, 0.29) is 16.8 Å². The molecule has 0 fully saturated rings. The molecule has 0 aliphatic rings. The maximum Gasteiger partial charge on any atom is 0.272 e. The number of carbonyl (C=O) groups is 2. The highest BCUT2D eigenvalue weighted by Gasteiger charge is 2.15. The first-order valence-corrected chi connectivity index (χ1v) is 13.3. The summed E-state index contributed by atoms with van der Waals surface area (Å²) in [5.74, 6) is -0.716. The van der Waals surface area contributed by atoms with Crippen LogP contribution in [0.3, 0.4) is 0 Å². The van der Waals surface area contributed by atoms with Crippen molar-refractivity contribution in [3.8, 4) is 11.3 Å². The van der Waals surface area contributed by atoms with Crippen molar-refractivity contribution in [3.05, 3.63) is 129 Å². The molecule has 0 aliphatic heterocycles. The number of hydrogen-bond donors (Lipinski definition) is 2. The molecule has 6 nitrogen and oxygen atoms in total. The maximum atomic E-state index is 13.3. The van der Waals surface area contributed by atoms with E-state index in [0.29, 0.717) is 49.2 Å². The maximum absolute atomic E-state index is 13.3. The number of hydrogen-bond acceptors (Lipinski definition) is 4. The average molecular weight is 588 g/mol. The monoisotopic (exact) mass is 586 g/mol. The largest absolute Gasteiger partial charge is 0.322 e. The fraction of sp³-hybridized carbons (Fsp3) is 0.0323. The number of amides is 2. The van der Waals surface area contributed by atoms with Crippen molar-refractivity contribution >= 4 is 68.9 Å². The van der Waals surface area contributed by atoms with Crippen molar-refractivity contribution in [1.29, 1.82) is 0 Å². The molecule has 2 N–H and O–H groups in total. The molecule has 40 heavy (non-hydrogen) atoms. The van der Waals surface area contributed by atoms with E-state index in [0.717, 1.165) is 11.1 Å². The first-order chi connectivity index (χ1) is 19.3. The third kappa shape index (κ3) is 6.15. The van der Waals surface area contributed by atoms with Gasteiger partial charge in [0.2, 0.25) is 0 Å². The third-order valence-electron chi connectivity index (χ3n) is 6.16. The van der Waals surface area contributed by atoms with Crippen LogP contribution in [0.1, 0.15) is 33.2 Å². The SMILES string of the molecule is C/C(=N/NC(=O)c1cc(-c2ccc(Cl)cc2)nc2ccccc12)c1ccc(NC(=O)c2ccc(Cl)cc2Cl)cc1. The molecule has 0 saturated heterocycles. The molecule has 0 aliphatic carbocycles. The van der Waals surface area contributed by atoms with Crippen LogP contribution < -0.4 is 10.7 Å². The number of aromatic nitrogens is 1. The Kier molecular flexibility index (Phi) is 8.12. The molecule has 9 heteroatoms. The zero-order chi connectivity index (χ0) is 28.2. The van der Waals surface area contributed by atoms with E-state index in [1.54, 1.807) is 61.5 Å². The summed E-state index contributed by atoms with van der Waals surface area (Å²) in [6, 6.07) is 28.2. The Hall–Kier alpha value is -4.23. The zero-order valence-corrected chi connectivity index (χ0v) is 23.4. The molecule has 0 atom stereocenters. The minimum atomic E-state index is -0.364. The van der Waals surface area contributed by atoms with Crippen LogP contribution in [0.25, 0.3) is 22.2 Å². The molecule has 2 amide bonds. The molecule has 0 saturated carbocycles. The van der Waals surface area contributed by atoms with Crippen LogP contribution >= 0.6 is 34.8 Å². The molecule has 5 aromatic rings. The molecule has 0 unspecified atom stereocenters. The van der Waals surface area contributed by atoms with Crippen molar-refractivity contribution in [2.75, 3.05) is 5.32 Å². The summed E-state index contributed by atoms with van der Waals surface area (Å²) in [6.07, 6.45) is 0. The van der Waals surface area contributed by atoms with E-state index in [4.69, 9.17) is 39.8 Å². The number of para-hydroxylation sites is 1. The number of halogens is 3. The molecular weight excluding hydrogens is 567 g/mol. The Labute approximate surface area is 245 Å². The van der Waals surface area contributed by atoms with E-state index in [9.17, 15) is 9.59 Å². The Bertz CT molecular complexity index is 1770. The van der Waals surface area contributed by atoms with Gasteiger partial charge >= 0.3 is 0 Å². The normalized spacial score (nSPS) is 11.3. The molecule has 0 bridgehead atoms. The second-order valence-electron chi connectivity index (χ2n) is 8.87. The first-order valence-electron chi connectivity index (χ1n) is 12.2. The van der Waals surface area contributed by atoms with Gasteiger partial charge in [-0.15, -0.1) is 0 Å². The molecule has 1 heterocycles. The van der Waals surface area contributed by atoms with Gasteiger partial charge in [-0.2, -0.15) is 5.10 Å². The average Bonchev–Trinajstić information content (AvgIpc) is 2.95. The predicted octanol–water partition coefficient (Wildman–Crippen LogP) is 8.27. The standard InChI is InChI=1S/C31H21Cl3N4O2/c1-18(19-8-13-23(14-9-19)35-30(39)25-15-12-22(33)16-27(25)34)37-38-31(40)26-17-29(20-6-10-21(32)11-7-20)36-28-5-3-2-4-24(26)28/h2-17H,1H3,(H,35,39)(H,38,40)/b37-18-. The van der Waals surface area contributed by atoms with E-state index >= 15 is 0 Å². The second kappa shape index (κ2) is 11.9. The number of anilines is 1. The lowest BCUT2D eigenvalue weighted by Crippen LogP contribution is -2.20. The Morgan fingerprint density at radius 1 is 0.750 bits per heavy atom. The van der Waals surface area contributed by atoms with Gasteiger partial charge < -0.3 is 5.32 Å². The van der Waals surface area contributed by atoms with Crippen LogP contribution in [0.5, 0.6) is 0 Å². The van der Waals surface area contributed by atoms with Gasteiger partial charge in [0, 0.05) is 26.7 Å². The van der Waals surface area contributed by atoms with Gasteiger partial charge in [-0.1, -0.05) is 77.3 Å². The van der Waals surface area contributed by atoms with Crippen LogP contribution in [0.15, 0.2) is 102 Å². The number of rotatable bonds is 6. The Balaban J connectivity index is 1.33. The summed E-state index contributed by atoms with van der Waals surface area (Å²) in [7, 11) is 0. The summed E-state index contributed by atoms with van der Waals surface area (Å²) in [6.45, 7) is 1.78. The molecule has 1 aromatic heterocycles. The molecule has 0 spiro atoms. The highest BCUT2D eigenvalue weighted by atomic mass is 35.5. The van der Waals surface area contributed by atoms with Crippen LogP contribution in [0.2, 0.25) is 15.1 Å². The Morgan fingerprint density at radius 2 is 1.45 bits per heavy atom. The number of hydrazone groups is 1. The first kappa shape index (κ1) is 27.3. The van der Waals surface area contributed by atoms with E-state index in [1.165, 1.54) is 6.07 Å². The quantitative estimate of drug-likeness (QED) is 0.155. The van der Waals surface area contributed by atoms with E-state index in [1.807, 2.05) is 36.4 Å². The topological polar surface area (TPSA) is 83.4 Å². The number of benzene rings is 4. The lowest BCUT2D eigenvalue weighted by molar-refractivity contribution is 0.0955. The number of nitrogens with zero attached hydrogens (tertiary/aromatic N) is 2. The molecule has 198 valence electrons. The minimum absolute atomic E-state index is 0.266. The number of pyridine rings is 1. The van der Waals surface area contributed by atoms with Crippen LogP contribution in [-0.2, 0) is 0 Å². The van der Waals surface area contributed by atoms with Gasteiger partial charge in [0.25, 0.3) is 11.8 Å². The number of nitrogens with one attached hydrogen (secondary N) is 2. The summed E-state index contributed by atoms with van der Waals surface area (Å²) < 4.78 is 0.